The molecule has 126 valence electrons. The van der Waals surface area contributed by atoms with Crippen LogP contribution < -0.4 is 10.2 Å². The summed E-state index contributed by atoms with van der Waals surface area (Å²) >= 11 is 0. The van der Waals surface area contributed by atoms with E-state index in [-0.39, 0.29) is 5.04 Å². The fourth-order valence-corrected chi connectivity index (χ4v) is 2.55. The largest absolute Gasteiger partial charge is 0.543 e. The average molecular weight is 334 g/mol. The summed E-state index contributed by atoms with van der Waals surface area (Å²) in [5, 5.41) is 9.93. The lowest BCUT2D eigenvalue weighted by Crippen LogP contribution is -2.43. The van der Waals surface area contributed by atoms with Gasteiger partial charge in [0.05, 0.1) is 0 Å². The van der Waals surface area contributed by atoms with Crippen LogP contribution in [-0.2, 0) is 0 Å². The van der Waals surface area contributed by atoms with Crippen molar-refractivity contribution in [3.05, 3.63) is 29.8 Å². The summed E-state index contributed by atoms with van der Waals surface area (Å²) < 4.78 is 6.24. The molecule has 1 aromatic rings. The molecule has 0 bridgehead atoms. The van der Waals surface area contributed by atoms with Crippen LogP contribution in [0.4, 0.5) is 4.79 Å². The van der Waals surface area contributed by atoms with Gasteiger partial charge in [-0.3, -0.25) is 5.21 Å². The number of hydrogen-bond acceptors (Lipinski definition) is 3. The smallest absolute Gasteiger partial charge is 0.339 e. The molecule has 0 aliphatic carbocycles. The summed E-state index contributed by atoms with van der Waals surface area (Å²) in [7, 11) is -1.90. The highest BCUT2D eigenvalue weighted by Gasteiger charge is 2.38. The molecule has 1 aromatic carbocycles. The van der Waals surface area contributed by atoms with Crippen LogP contribution in [0, 0.1) is 11.8 Å². The normalized spacial score (nSPS) is 12.8. The molecule has 3 N–H and O–H groups in total. The minimum atomic E-state index is -1.90. The molecule has 0 aromatic heterocycles. The molecule has 0 spiro atoms. The summed E-state index contributed by atoms with van der Waals surface area (Å²) in [4.78, 5) is 10.9. The van der Waals surface area contributed by atoms with E-state index < -0.39 is 20.4 Å². The molecule has 0 aliphatic rings. The average Bonchev–Trinajstić information content (AvgIpc) is 2.42. The van der Waals surface area contributed by atoms with Crippen molar-refractivity contribution in [2.75, 3.05) is 0 Å². The van der Waals surface area contributed by atoms with Gasteiger partial charge in [0.1, 0.15) is 11.8 Å². The third-order valence-corrected chi connectivity index (χ3v) is 8.39. The summed E-state index contributed by atoms with van der Waals surface area (Å²) in [6.07, 6.45) is 0. The number of urea groups is 1. The molecule has 2 amide bonds. The molecule has 0 saturated carbocycles. The van der Waals surface area contributed by atoms with Crippen LogP contribution in [-0.4, -0.2) is 30.7 Å². The molecular weight excluding hydrogens is 308 g/mol. The van der Waals surface area contributed by atoms with E-state index >= 15 is 0 Å². The lowest BCUT2D eigenvalue weighted by Gasteiger charge is -2.36. The van der Waals surface area contributed by atoms with Crippen molar-refractivity contribution in [3.63, 3.8) is 0 Å². The first-order chi connectivity index (χ1) is 10.4. The maximum Gasteiger partial charge on any atom is 0.339 e. The van der Waals surface area contributed by atoms with Gasteiger partial charge in [0, 0.05) is 5.56 Å². The monoisotopic (exact) mass is 334 g/mol. The van der Waals surface area contributed by atoms with E-state index in [1.54, 1.807) is 6.92 Å². The van der Waals surface area contributed by atoms with Gasteiger partial charge in [-0.1, -0.05) is 38.7 Å². The Kier molecular flexibility index (Phi) is 5.86. The molecule has 0 saturated heterocycles. The number of hydrogen-bond donors (Lipinski definition) is 2. The molecule has 0 fully saturated rings. The number of hydroxylamine groups is 2. The molecule has 6 heteroatoms. The maximum absolute atomic E-state index is 10.9. The first kappa shape index (κ1) is 19.1. The highest BCUT2D eigenvalue weighted by Crippen LogP contribution is 2.37. The van der Waals surface area contributed by atoms with Crippen molar-refractivity contribution in [2.45, 2.75) is 51.9 Å². The van der Waals surface area contributed by atoms with Crippen LogP contribution in [0.25, 0.3) is 0 Å². The van der Waals surface area contributed by atoms with E-state index in [1.807, 2.05) is 24.3 Å². The number of nitrogens with two attached hydrogens (primary N) is 1. The van der Waals surface area contributed by atoms with Crippen molar-refractivity contribution < 1.29 is 14.4 Å². The Balaban J connectivity index is 2.93. The Hall–Kier alpha value is -1.97. The number of primary amides is 1. The van der Waals surface area contributed by atoms with Crippen molar-refractivity contribution in [2.24, 2.45) is 5.73 Å². The van der Waals surface area contributed by atoms with Crippen molar-refractivity contribution in [1.29, 1.82) is 0 Å². The van der Waals surface area contributed by atoms with Crippen molar-refractivity contribution in [1.82, 2.24) is 5.06 Å². The van der Waals surface area contributed by atoms with Gasteiger partial charge in [0.25, 0.3) is 0 Å². The zero-order valence-corrected chi connectivity index (χ0v) is 15.7. The maximum atomic E-state index is 10.9. The lowest BCUT2D eigenvalue weighted by molar-refractivity contribution is -0.0536. The molecule has 1 unspecified atom stereocenters. The van der Waals surface area contributed by atoms with Crippen LogP contribution >= 0.6 is 0 Å². The van der Waals surface area contributed by atoms with Crippen LogP contribution in [0.3, 0.4) is 0 Å². The number of carbonyl (C=O) groups is 1. The van der Waals surface area contributed by atoms with E-state index in [2.05, 4.69) is 45.7 Å². The Bertz CT molecular complexity index is 627. The Morgan fingerprint density at radius 1 is 1.39 bits per heavy atom. The predicted octanol–water partition coefficient (Wildman–Crippen LogP) is 3.58. The predicted molar refractivity (Wildman–Crippen MR) is 93.8 cm³/mol. The number of rotatable bonds is 3. The van der Waals surface area contributed by atoms with Gasteiger partial charge in [0.15, 0.2) is 0 Å². The standard InChI is InChI=1S/C17H26N2O3Si/c1-13(19(21)16(18)20)10-11-14-8-7-9-15(12-14)22-23(5,6)17(2,3)4/h7-9,12-13,21H,1-6H3,(H2,18,20). The number of carbonyl (C=O) groups excluding carboxylic acids is 1. The van der Waals surface area contributed by atoms with Crippen LogP contribution in [0.15, 0.2) is 24.3 Å². The minimum Gasteiger partial charge on any atom is -0.543 e. The molecule has 0 aliphatic heterocycles. The second-order valence-electron chi connectivity index (χ2n) is 7.02. The van der Waals surface area contributed by atoms with Gasteiger partial charge < -0.3 is 10.2 Å². The summed E-state index contributed by atoms with van der Waals surface area (Å²) in [5.74, 6) is 6.49. The zero-order valence-electron chi connectivity index (χ0n) is 14.7. The van der Waals surface area contributed by atoms with Gasteiger partial charge in [-0.25, -0.2) is 4.79 Å². The fourth-order valence-electron chi connectivity index (χ4n) is 1.52. The topological polar surface area (TPSA) is 75.8 Å². The highest BCUT2D eigenvalue weighted by atomic mass is 28.4. The zero-order chi connectivity index (χ0) is 17.8. The molecule has 0 heterocycles. The quantitative estimate of drug-likeness (QED) is 0.384. The van der Waals surface area contributed by atoms with E-state index in [0.29, 0.717) is 5.06 Å². The molecule has 23 heavy (non-hydrogen) atoms. The summed E-state index contributed by atoms with van der Waals surface area (Å²) in [5.41, 5.74) is 5.75. The second-order valence-corrected chi connectivity index (χ2v) is 11.7. The third kappa shape index (κ3) is 5.30. The Morgan fingerprint density at radius 2 is 2.00 bits per heavy atom. The van der Waals surface area contributed by atoms with Gasteiger partial charge in [-0.15, -0.1) is 0 Å². The summed E-state index contributed by atoms with van der Waals surface area (Å²) in [6, 6.07) is 5.90. The van der Waals surface area contributed by atoms with Gasteiger partial charge >= 0.3 is 6.03 Å². The number of benzene rings is 1. The molecule has 1 rings (SSSR count). The fraction of sp³-hybridized carbons (Fsp3) is 0.471. The van der Waals surface area contributed by atoms with Crippen molar-refractivity contribution >= 4 is 14.3 Å². The second kappa shape index (κ2) is 7.07. The first-order valence-corrected chi connectivity index (χ1v) is 10.4. The van der Waals surface area contributed by atoms with E-state index in [4.69, 9.17) is 10.2 Å². The van der Waals surface area contributed by atoms with E-state index in [1.165, 1.54) is 0 Å². The van der Waals surface area contributed by atoms with Crippen LogP contribution in [0.2, 0.25) is 18.1 Å². The van der Waals surface area contributed by atoms with Gasteiger partial charge in [-0.05, 0) is 43.3 Å². The third-order valence-electron chi connectivity index (χ3n) is 4.03. The Morgan fingerprint density at radius 3 is 2.52 bits per heavy atom. The lowest BCUT2D eigenvalue weighted by atomic mass is 10.2. The number of amides is 2. The van der Waals surface area contributed by atoms with Crippen LogP contribution in [0.1, 0.15) is 33.3 Å². The van der Waals surface area contributed by atoms with E-state index in [9.17, 15) is 10.0 Å². The van der Waals surface area contributed by atoms with E-state index in [0.717, 1.165) is 11.3 Å². The number of nitrogens with zero attached hydrogens (tertiary/aromatic N) is 1. The summed E-state index contributed by atoms with van der Waals surface area (Å²) in [6.45, 7) is 12.5. The first-order valence-electron chi connectivity index (χ1n) is 7.52. The molecule has 0 radical (unpaired) electrons. The van der Waals surface area contributed by atoms with Crippen molar-refractivity contribution in [3.8, 4) is 17.6 Å². The molecule has 5 nitrogen and oxygen atoms in total. The SMILES string of the molecule is CC(C#Cc1cccc(O[Si](C)(C)C(C)(C)C)c1)N(O)C(N)=O. The van der Waals surface area contributed by atoms with Gasteiger partial charge in [-0.2, -0.15) is 5.06 Å². The van der Waals surface area contributed by atoms with Gasteiger partial charge in [0.2, 0.25) is 8.32 Å². The minimum absolute atomic E-state index is 0.113. The van der Waals surface area contributed by atoms with Crippen LogP contribution in [0.5, 0.6) is 5.75 Å². The molecule has 1 atom stereocenters. The molecular formula is C17H26N2O3Si. The Labute approximate surface area is 139 Å². The highest BCUT2D eigenvalue weighted by molar-refractivity contribution is 6.74.